The minimum atomic E-state index is -0.0584. The second kappa shape index (κ2) is 6.57. The van der Waals surface area contributed by atoms with Gasteiger partial charge in [0.1, 0.15) is 9.71 Å². The normalized spacial score (nSPS) is 21.8. The molecule has 0 unspecified atom stereocenters. The molecule has 5 nitrogen and oxygen atoms in total. The number of thiophene rings is 1. The molecule has 1 fully saturated rings. The Labute approximate surface area is 153 Å². The van der Waals surface area contributed by atoms with E-state index in [1.54, 1.807) is 19.0 Å². The van der Waals surface area contributed by atoms with E-state index in [2.05, 4.69) is 31.7 Å². The Morgan fingerprint density at radius 1 is 1.40 bits per heavy atom. The van der Waals surface area contributed by atoms with E-state index in [0.717, 1.165) is 35.4 Å². The Kier molecular flexibility index (Phi) is 4.77. The maximum atomic E-state index is 12.3. The Bertz CT molecular complexity index is 798. The molecule has 0 radical (unpaired) electrons. The molecule has 0 aliphatic carbocycles. The summed E-state index contributed by atoms with van der Waals surface area (Å²) < 4.78 is 0. The zero-order valence-corrected chi connectivity index (χ0v) is 16.6. The van der Waals surface area contributed by atoms with E-state index in [0.29, 0.717) is 16.6 Å². The van der Waals surface area contributed by atoms with Gasteiger partial charge >= 0.3 is 0 Å². The average Bonchev–Trinajstić information content (AvgIpc) is 2.90. The smallest absolute Gasteiger partial charge is 0.265 e. The summed E-state index contributed by atoms with van der Waals surface area (Å²) in [7, 11) is 3.49. The molecule has 1 aliphatic rings. The molecule has 0 spiro atoms. The van der Waals surface area contributed by atoms with Crippen LogP contribution in [0.4, 0.5) is 5.69 Å². The number of fused-ring (bicyclic) bond motifs is 1. The molecule has 0 bridgehead atoms. The molecule has 1 aliphatic heterocycles. The second-order valence-electron chi connectivity index (χ2n) is 7.82. The number of amides is 1. The summed E-state index contributed by atoms with van der Waals surface area (Å²) in [6, 6.07) is 4.68. The number of anilines is 1. The molecule has 2 aromatic rings. The first kappa shape index (κ1) is 18.1. The van der Waals surface area contributed by atoms with Gasteiger partial charge in [-0.1, -0.05) is 6.92 Å². The van der Waals surface area contributed by atoms with Crippen molar-refractivity contribution in [3.8, 4) is 0 Å². The van der Waals surface area contributed by atoms with Crippen molar-refractivity contribution < 1.29 is 4.79 Å². The van der Waals surface area contributed by atoms with Crippen LogP contribution in [-0.4, -0.2) is 53.9 Å². The van der Waals surface area contributed by atoms with Gasteiger partial charge in [-0.2, -0.15) is 0 Å². The lowest BCUT2D eigenvalue weighted by atomic mass is 9.78. The lowest BCUT2D eigenvalue weighted by Gasteiger charge is -2.42. The Hall–Kier alpha value is -1.66. The number of carbonyl (C=O) groups excluding carboxylic acids is 1. The molecule has 0 saturated carbocycles. The molecule has 3 heterocycles. The molecular weight excluding hydrogens is 332 g/mol. The van der Waals surface area contributed by atoms with Crippen molar-refractivity contribution in [1.29, 1.82) is 0 Å². The second-order valence-corrected chi connectivity index (χ2v) is 8.82. The topological polar surface area (TPSA) is 62.5 Å². The van der Waals surface area contributed by atoms with E-state index in [1.807, 2.05) is 6.07 Å². The number of aromatic nitrogens is 1. The number of piperidine rings is 1. The third-order valence-electron chi connectivity index (χ3n) is 5.27. The van der Waals surface area contributed by atoms with Crippen LogP contribution in [0.5, 0.6) is 0 Å². The standard InChI is InChI=1S/C19H28N4OS/c1-12(2)23-10-6-9-19(3,11-23)14-8-7-13-15(20)16(18(24)22(4)5)25-17(13)21-14/h7-8,12H,6,9-11,20H2,1-5H3/t19-/m0/s1. The van der Waals surface area contributed by atoms with Crippen molar-refractivity contribution in [2.75, 3.05) is 32.9 Å². The number of hydrogen-bond donors (Lipinski definition) is 1. The Morgan fingerprint density at radius 2 is 2.12 bits per heavy atom. The van der Waals surface area contributed by atoms with Gasteiger partial charge in [-0.3, -0.25) is 4.79 Å². The van der Waals surface area contributed by atoms with Crippen molar-refractivity contribution in [2.24, 2.45) is 0 Å². The fourth-order valence-electron chi connectivity index (χ4n) is 3.62. The lowest BCUT2D eigenvalue weighted by molar-refractivity contribution is 0.0833. The Balaban J connectivity index is 2.00. The molecule has 25 heavy (non-hydrogen) atoms. The van der Waals surface area contributed by atoms with Gasteiger partial charge in [-0.25, -0.2) is 4.98 Å². The minimum absolute atomic E-state index is 0.0428. The van der Waals surface area contributed by atoms with E-state index in [9.17, 15) is 4.79 Å². The quantitative estimate of drug-likeness (QED) is 0.912. The van der Waals surface area contributed by atoms with Gasteiger partial charge < -0.3 is 15.5 Å². The van der Waals surface area contributed by atoms with Crippen molar-refractivity contribution in [3.63, 3.8) is 0 Å². The third-order valence-corrected chi connectivity index (χ3v) is 6.37. The van der Waals surface area contributed by atoms with Gasteiger partial charge in [0.05, 0.1) is 5.69 Å². The molecule has 6 heteroatoms. The number of nitrogens with zero attached hydrogens (tertiary/aromatic N) is 3. The number of carbonyl (C=O) groups is 1. The first-order valence-electron chi connectivity index (χ1n) is 8.88. The van der Waals surface area contributed by atoms with Crippen LogP contribution in [0.25, 0.3) is 10.2 Å². The van der Waals surface area contributed by atoms with Crippen LogP contribution in [0.3, 0.4) is 0 Å². The minimum Gasteiger partial charge on any atom is -0.397 e. The number of hydrogen-bond acceptors (Lipinski definition) is 5. The number of rotatable bonds is 3. The highest BCUT2D eigenvalue weighted by atomic mass is 32.1. The molecule has 3 rings (SSSR count). The predicted octanol–water partition coefficient (Wildman–Crippen LogP) is 3.34. The monoisotopic (exact) mass is 360 g/mol. The zero-order valence-electron chi connectivity index (χ0n) is 15.8. The summed E-state index contributed by atoms with van der Waals surface area (Å²) in [5, 5.41) is 0.888. The third kappa shape index (κ3) is 3.25. The van der Waals surface area contributed by atoms with Crippen LogP contribution in [0, 0.1) is 0 Å². The molecule has 1 saturated heterocycles. The molecule has 2 aromatic heterocycles. The number of pyridine rings is 1. The zero-order chi connectivity index (χ0) is 18.4. The average molecular weight is 361 g/mol. The summed E-state index contributed by atoms with van der Waals surface area (Å²) in [5.74, 6) is -0.0584. The molecule has 2 N–H and O–H groups in total. The van der Waals surface area contributed by atoms with Gasteiger partial charge in [0.15, 0.2) is 0 Å². The fourth-order valence-corrected chi connectivity index (χ4v) is 4.74. The number of nitrogens with two attached hydrogens (primary N) is 1. The summed E-state index contributed by atoms with van der Waals surface area (Å²) in [6.45, 7) is 8.98. The molecule has 0 aromatic carbocycles. The maximum Gasteiger partial charge on any atom is 0.265 e. The van der Waals surface area contributed by atoms with Gasteiger partial charge in [-0.15, -0.1) is 11.3 Å². The van der Waals surface area contributed by atoms with Crippen LogP contribution in [-0.2, 0) is 5.41 Å². The summed E-state index contributed by atoms with van der Waals surface area (Å²) in [5.41, 5.74) is 7.92. The van der Waals surface area contributed by atoms with E-state index < -0.39 is 0 Å². The fraction of sp³-hybridized carbons (Fsp3) is 0.579. The van der Waals surface area contributed by atoms with Crippen molar-refractivity contribution in [3.05, 3.63) is 22.7 Å². The van der Waals surface area contributed by atoms with Gasteiger partial charge in [0, 0.05) is 43.2 Å². The Morgan fingerprint density at radius 3 is 2.76 bits per heavy atom. The van der Waals surface area contributed by atoms with E-state index in [-0.39, 0.29) is 11.3 Å². The number of likely N-dealkylation sites (tertiary alicyclic amines) is 1. The lowest BCUT2D eigenvalue weighted by Crippen LogP contribution is -2.47. The van der Waals surface area contributed by atoms with Gasteiger partial charge in [0.2, 0.25) is 0 Å². The molecule has 1 amide bonds. The van der Waals surface area contributed by atoms with Crippen molar-refractivity contribution in [1.82, 2.24) is 14.8 Å². The van der Waals surface area contributed by atoms with E-state index in [4.69, 9.17) is 10.7 Å². The maximum absolute atomic E-state index is 12.3. The first-order chi connectivity index (χ1) is 11.7. The first-order valence-corrected chi connectivity index (χ1v) is 9.70. The summed E-state index contributed by atoms with van der Waals surface area (Å²) in [6.07, 6.45) is 2.32. The van der Waals surface area contributed by atoms with Crippen LogP contribution < -0.4 is 5.73 Å². The number of nitrogen functional groups attached to an aromatic ring is 1. The van der Waals surface area contributed by atoms with Crippen molar-refractivity contribution in [2.45, 2.75) is 45.1 Å². The predicted molar refractivity (Wildman–Crippen MR) is 105 cm³/mol. The van der Waals surface area contributed by atoms with Gasteiger partial charge in [-0.05, 0) is 45.4 Å². The highest BCUT2D eigenvalue weighted by Gasteiger charge is 2.35. The van der Waals surface area contributed by atoms with Crippen LogP contribution >= 0.6 is 11.3 Å². The van der Waals surface area contributed by atoms with Crippen molar-refractivity contribution >= 4 is 33.1 Å². The summed E-state index contributed by atoms with van der Waals surface area (Å²) in [4.78, 5) is 22.8. The summed E-state index contributed by atoms with van der Waals surface area (Å²) >= 11 is 1.40. The highest BCUT2D eigenvalue weighted by molar-refractivity contribution is 7.21. The van der Waals surface area contributed by atoms with E-state index in [1.165, 1.54) is 17.8 Å². The van der Waals surface area contributed by atoms with E-state index >= 15 is 0 Å². The largest absolute Gasteiger partial charge is 0.397 e. The molecule has 1 atom stereocenters. The molecular formula is C19H28N4OS. The molecule has 136 valence electrons. The SMILES string of the molecule is CC(C)N1CCC[C@](C)(c2ccc3c(N)c(C(=O)N(C)C)sc3n2)C1. The van der Waals surface area contributed by atoms with Crippen LogP contribution in [0.2, 0.25) is 0 Å². The van der Waals surface area contributed by atoms with Crippen LogP contribution in [0.15, 0.2) is 12.1 Å². The van der Waals surface area contributed by atoms with Gasteiger partial charge in [0.25, 0.3) is 5.91 Å². The van der Waals surface area contributed by atoms with Crippen LogP contribution in [0.1, 0.15) is 49.0 Å². The highest BCUT2D eigenvalue weighted by Crippen LogP contribution is 2.38.